The number of rotatable bonds is 6. The van der Waals surface area contributed by atoms with Crippen molar-refractivity contribution in [2.75, 3.05) is 24.6 Å². The molecule has 0 aliphatic heterocycles. The minimum atomic E-state index is -4.35. The Bertz CT molecular complexity index is 416. The van der Waals surface area contributed by atoms with Gasteiger partial charge < -0.3 is 9.64 Å². The molecule has 0 aromatic carbocycles. The summed E-state index contributed by atoms with van der Waals surface area (Å²) >= 11 is 5.65. The van der Waals surface area contributed by atoms with Crippen LogP contribution in [0.25, 0.3) is 0 Å². The maximum atomic E-state index is 12.5. The van der Waals surface area contributed by atoms with Crippen molar-refractivity contribution in [3.05, 3.63) is 5.28 Å². The number of alkyl halides is 3. The second kappa shape index (κ2) is 6.74. The average molecular weight is 299 g/mol. The summed E-state index contributed by atoms with van der Waals surface area (Å²) < 4.78 is 42.5. The second-order valence-electron chi connectivity index (χ2n) is 3.66. The van der Waals surface area contributed by atoms with Crippen LogP contribution in [0.4, 0.5) is 19.1 Å². The van der Waals surface area contributed by atoms with E-state index in [9.17, 15) is 13.2 Å². The van der Waals surface area contributed by atoms with E-state index in [0.717, 1.165) is 4.90 Å². The zero-order chi connectivity index (χ0) is 14.5. The molecule has 0 N–H and O–H groups in total. The van der Waals surface area contributed by atoms with Gasteiger partial charge in [-0.05, 0) is 24.9 Å². The van der Waals surface area contributed by atoms with Gasteiger partial charge in [-0.3, -0.25) is 0 Å². The Kier molecular flexibility index (Phi) is 5.59. The predicted octanol–water partition coefficient (Wildman–Crippen LogP) is 2.70. The minimum Gasteiger partial charge on any atom is -0.464 e. The van der Waals surface area contributed by atoms with E-state index in [1.807, 2.05) is 0 Å². The molecule has 108 valence electrons. The monoisotopic (exact) mass is 298 g/mol. The number of halogens is 4. The molecule has 1 heterocycles. The lowest BCUT2D eigenvalue weighted by molar-refractivity contribution is -0.119. The van der Waals surface area contributed by atoms with Gasteiger partial charge >= 0.3 is 12.2 Å². The maximum absolute atomic E-state index is 12.5. The molecule has 0 saturated heterocycles. The van der Waals surface area contributed by atoms with Gasteiger partial charge in [0.1, 0.15) is 6.54 Å². The second-order valence-corrected chi connectivity index (χ2v) is 3.99. The molecule has 0 aliphatic carbocycles. The molecule has 0 unspecified atom stereocenters. The summed E-state index contributed by atoms with van der Waals surface area (Å²) in [5.41, 5.74) is 0. The first-order valence-electron chi connectivity index (χ1n) is 5.71. The molecule has 5 nitrogen and oxygen atoms in total. The predicted molar refractivity (Wildman–Crippen MR) is 64.6 cm³/mol. The van der Waals surface area contributed by atoms with Crippen LogP contribution in [-0.4, -0.2) is 40.8 Å². The van der Waals surface area contributed by atoms with Crippen molar-refractivity contribution < 1.29 is 17.9 Å². The third kappa shape index (κ3) is 5.46. The lowest BCUT2D eigenvalue weighted by Crippen LogP contribution is -2.36. The van der Waals surface area contributed by atoms with Gasteiger partial charge in [0.2, 0.25) is 11.2 Å². The Morgan fingerprint density at radius 1 is 1.21 bits per heavy atom. The summed E-state index contributed by atoms with van der Waals surface area (Å²) in [4.78, 5) is 12.2. The fraction of sp³-hybridized carbons (Fsp3) is 0.700. The summed E-state index contributed by atoms with van der Waals surface area (Å²) in [6.45, 7) is 2.76. The highest BCUT2D eigenvalue weighted by molar-refractivity contribution is 6.28. The third-order valence-electron chi connectivity index (χ3n) is 2.00. The molecule has 0 amide bonds. The lowest BCUT2D eigenvalue weighted by atomic mass is 10.4. The van der Waals surface area contributed by atoms with Gasteiger partial charge in [-0.25, -0.2) is 0 Å². The molecule has 0 atom stereocenters. The number of nitrogens with zero attached hydrogens (tertiary/aromatic N) is 4. The molecular weight excluding hydrogens is 285 g/mol. The number of hydrogen-bond donors (Lipinski definition) is 0. The van der Waals surface area contributed by atoms with E-state index in [4.69, 9.17) is 16.3 Å². The van der Waals surface area contributed by atoms with Crippen LogP contribution in [0, 0.1) is 0 Å². The molecule has 0 bridgehead atoms. The van der Waals surface area contributed by atoms with Crippen LogP contribution in [-0.2, 0) is 0 Å². The molecule has 0 radical (unpaired) electrons. The van der Waals surface area contributed by atoms with Crippen molar-refractivity contribution in [3.8, 4) is 6.01 Å². The highest BCUT2D eigenvalue weighted by Gasteiger charge is 2.32. The molecule has 9 heteroatoms. The fourth-order valence-electron chi connectivity index (χ4n) is 1.39. The Labute approximate surface area is 113 Å². The van der Waals surface area contributed by atoms with Crippen LogP contribution in [0.1, 0.15) is 20.3 Å². The topological polar surface area (TPSA) is 51.1 Å². The SMILES string of the molecule is CCCN(CC(F)(F)F)c1nc(Cl)nc(OCC)n1. The molecule has 19 heavy (non-hydrogen) atoms. The van der Waals surface area contributed by atoms with E-state index in [1.165, 1.54) is 0 Å². The van der Waals surface area contributed by atoms with Crippen LogP contribution >= 0.6 is 11.6 Å². The van der Waals surface area contributed by atoms with Gasteiger partial charge in [-0.1, -0.05) is 6.92 Å². The van der Waals surface area contributed by atoms with Gasteiger partial charge in [0.25, 0.3) is 0 Å². The molecule has 0 saturated carbocycles. The zero-order valence-electron chi connectivity index (χ0n) is 10.5. The fourth-order valence-corrected chi connectivity index (χ4v) is 1.54. The van der Waals surface area contributed by atoms with E-state index in [0.29, 0.717) is 6.42 Å². The van der Waals surface area contributed by atoms with Crippen molar-refractivity contribution >= 4 is 17.5 Å². The first-order valence-corrected chi connectivity index (χ1v) is 6.09. The Balaban J connectivity index is 3.00. The van der Waals surface area contributed by atoms with Crippen molar-refractivity contribution in [1.82, 2.24) is 15.0 Å². The smallest absolute Gasteiger partial charge is 0.406 e. The molecule has 0 aliphatic rings. The summed E-state index contributed by atoms with van der Waals surface area (Å²) in [5, 5.41) is -0.197. The number of anilines is 1. The van der Waals surface area contributed by atoms with Crippen LogP contribution < -0.4 is 9.64 Å². The van der Waals surface area contributed by atoms with Crippen molar-refractivity contribution in [1.29, 1.82) is 0 Å². The molecular formula is C10H14ClF3N4O. The highest BCUT2D eigenvalue weighted by Crippen LogP contribution is 2.21. The van der Waals surface area contributed by atoms with Crippen LogP contribution in [0.2, 0.25) is 5.28 Å². The Morgan fingerprint density at radius 3 is 2.42 bits per heavy atom. The van der Waals surface area contributed by atoms with Crippen molar-refractivity contribution in [2.24, 2.45) is 0 Å². The van der Waals surface area contributed by atoms with Gasteiger partial charge in [0.05, 0.1) is 6.61 Å². The van der Waals surface area contributed by atoms with Gasteiger partial charge in [-0.15, -0.1) is 0 Å². The standard InChI is InChI=1S/C10H14ClF3N4O/c1-3-5-18(6-10(12,13)14)8-15-7(11)16-9(17-8)19-4-2/h3-6H2,1-2H3. The molecule has 0 fully saturated rings. The van der Waals surface area contributed by atoms with E-state index >= 15 is 0 Å². The largest absolute Gasteiger partial charge is 0.464 e. The van der Waals surface area contributed by atoms with E-state index < -0.39 is 12.7 Å². The first kappa shape index (κ1) is 15.7. The maximum Gasteiger partial charge on any atom is 0.406 e. The highest BCUT2D eigenvalue weighted by atomic mass is 35.5. The normalized spacial score (nSPS) is 11.5. The van der Waals surface area contributed by atoms with E-state index in [-0.39, 0.29) is 30.4 Å². The van der Waals surface area contributed by atoms with Gasteiger partial charge in [0.15, 0.2) is 0 Å². The zero-order valence-corrected chi connectivity index (χ0v) is 11.3. The average Bonchev–Trinajstić information content (AvgIpc) is 2.26. The van der Waals surface area contributed by atoms with E-state index in [2.05, 4.69) is 15.0 Å². The summed E-state index contributed by atoms with van der Waals surface area (Å²) in [6.07, 6.45) is -3.83. The Morgan fingerprint density at radius 2 is 1.89 bits per heavy atom. The van der Waals surface area contributed by atoms with E-state index in [1.54, 1.807) is 13.8 Å². The third-order valence-corrected chi connectivity index (χ3v) is 2.16. The molecule has 1 aromatic heterocycles. The summed E-state index contributed by atoms with van der Waals surface area (Å²) in [7, 11) is 0. The summed E-state index contributed by atoms with van der Waals surface area (Å²) in [6, 6.07) is -0.0826. The quantitative estimate of drug-likeness (QED) is 0.808. The van der Waals surface area contributed by atoms with Crippen molar-refractivity contribution in [3.63, 3.8) is 0 Å². The Hall–Kier alpha value is -1.31. The number of ether oxygens (including phenoxy) is 1. The van der Waals surface area contributed by atoms with Crippen molar-refractivity contribution in [2.45, 2.75) is 26.4 Å². The lowest BCUT2D eigenvalue weighted by Gasteiger charge is -2.23. The number of aromatic nitrogens is 3. The van der Waals surface area contributed by atoms with Crippen LogP contribution in [0.15, 0.2) is 0 Å². The minimum absolute atomic E-state index is 0.0826. The van der Waals surface area contributed by atoms with Gasteiger partial charge in [-0.2, -0.15) is 28.1 Å². The van der Waals surface area contributed by atoms with Crippen LogP contribution in [0.3, 0.4) is 0 Å². The van der Waals surface area contributed by atoms with Gasteiger partial charge in [0, 0.05) is 6.54 Å². The van der Waals surface area contributed by atoms with Crippen LogP contribution in [0.5, 0.6) is 6.01 Å². The molecule has 0 spiro atoms. The molecule has 1 rings (SSSR count). The number of hydrogen-bond acceptors (Lipinski definition) is 5. The first-order chi connectivity index (χ1) is 8.85. The summed E-state index contributed by atoms with van der Waals surface area (Å²) in [5.74, 6) is -0.136. The molecule has 1 aromatic rings.